The van der Waals surface area contributed by atoms with Crippen LogP contribution in [0.3, 0.4) is 0 Å². The standard InChI is InChI=1S/C19H29NO3/c1-2-23-18(22)19(12-7-6-11-17(19)21)13-8-14-20-15-16-9-4-3-5-10-16/h3-5,9-10,17,20-21H,2,6-8,11-15H2,1H3/t17-,19-/m1/s1. The van der Waals surface area contributed by atoms with Gasteiger partial charge in [0.25, 0.3) is 0 Å². The Morgan fingerprint density at radius 1 is 1.35 bits per heavy atom. The van der Waals surface area contributed by atoms with Gasteiger partial charge in [-0.1, -0.05) is 43.2 Å². The highest BCUT2D eigenvalue weighted by atomic mass is 16.5. The van der Waals surface area contributed by atoms with Gasteiger partial charge in [-0.2, -0.15) is 0 Å². The number of carbonyl (C=O) groups is 1. The molecule has 0 bridgehead atoms. The predicted molar refractivity (Wildman–Crippen MR) is 90.9 cm³/mol. The molecule has 4 heteroatoms. The van der Waals surface area contributed by atoms with Crippen molar-refractivity contribution in [2.45, 2.75) is 58.1 Å². The summed E-state index contributed by atoms with van der Waals surface area (Å²) in [6.07, 6.45) is 4.42. The molecule has 1 aliphatic carbocycles. The second kappa shape index (κ2) is 9.04. The highest BCUT2D eigenvalue weighted by Gasteiger charge is 2.47. The first-order valence-electron chi connectivity index (χ1n) is 8.79. The van der Waals surface area contributed by atoms with Crippen LogP contribution in [0, 0.1) is 5.41 Å². The molecule has 1 saturated carbocycles. The number of carbonyl (C=O) groups excluding carboxylic acids is 1. The third kappa shape index (κ3) is 4.79. The van der Waals surface area contributed by atoms with Crippen LogP contribution in [-0.4, -0.2) is 30.3 Å². The van der Waals surface area contributed by atoms with Crippen molar-refractivity contribution >= 4 is 5.97 Å². The van der Waals surface area contributed by atoms with E-state index in [1.54, 1.807) is 0 Å². The van der Waals surface area contributed by atoms with E-state index in [4.69, 9.17) is 4.74 Å². The smallest absolute Gasteiger partial charge is 0.314 e. The molecular formula is C19H29NO3. The molecule has 4 nitrogen and oxygen atoms in total. The molecule has 128 valence electrons. The first-order valence-corrected chi connectivity index (χ1v) is 8.79. The highest BCUT2D eigenvalue weighted by Crippen LogP contribution is 2.41. The van der Waals surface area contributed by atoms with E-state index in [1.807, 2.05) is 25.1 Å². The van der Waals surface area contributed by atoms with Crippen LogP contribution in [0.5, 0.6) is 0 Å². The van der Waals surface area contributed by atoms with E-state index in [1.165, 1.54) is 5.56 Å². The van der Waals surface area contributed by atoms with Gasteiger partial charge >= 0.3 is 5.97 Å². The maximum atomic E-state index is 12.4. The third-order valence-electron chi connectivity index (χ3n) is 4.82. The number of benzene rings is 1. The maximum Gasteiger partial charge on any atom is 0.314 e. The fourth-order valence-corrected chi connectivity index (χ4v) is 3.49. The van der Waals surface area contributed by atoms with Gasteiger partial charge in [-0.05, 0) is 44.7 Å². The molecule has 23 heavy (non-hydrogen) atoms. The van der Waals surface area contributed by atoms with Gasteiger partial charge in [0, 0.05) is 6.54 Å². The molecule has 1 aliphatic rings. The second-order valence-corrected chi connectivity index (χ2v) is 6.40. The van der Waals surface area contributed by atoms with Crippen LogP contribution in [0.4, 0.5) is 0 Å². The number of nitrogens with one attached hydrogen (secondary N) is 1. The van der Waals surface area contributed by atoms with E-state index in [0.29, 0.717) is 19.4 Å². The number of rotatable bonds is 8. The van der Waals surface area contributed by atoms with E-state index in [9.17, 15) is 9.90 Å². The molecule has 0 unspecified atom stereocenters. The molecule has 1 aromatic rings. The molecule has 0 aromatic heterocycles. The summed E-state index contributed by atoms with van der Waals surface area (Å²) in [5.74, 6) is -0.213. The van der Waals surface area contributed by atoms with Gasteiger partial charge in [-0.3, -0.25) is 4.79 Å². The zero-order chi connectivity index (χ0) is 16.5. The van der Waals surface area contributed by atoms with Crippen molar-refractivity contribution in [1.29, 1.82) is 0 Å². The summed E-state index contributed by atoms with van der Waals surface area (Å²) in [4.78, 5) is 12.4. The van der Waals surface area contributed by atoms with Crippen molar-refractivity contribution in [3.8, 4) is 0 Å². The van der Waals surface area contributed by atoms with E-state index >= 15 is 0 Å². The normalized spacial score (nSPS) is 24.3. The van der Waals surface area contributed by atoms with Crippen molar-refractivity contribution < 1.29 is 14.6 Å². The first kappa shape index (κ1) is 18.0. The van der Waals surface area contributed by atoms with Gasteiger partial charge in [-0.25, -0.2) is 0 Å². The molecule has 0 spiro atoms. The fourth-order valence-electron chi connectivity index (χ4n) is 3.49. The number of ether oxygens (including phenoxy) is 1. The molecule has 0 aliphatic heterocycles. The first-order chi connectivity index (χ1) is 11.2. The van der Waals surface area contributed by atoms with Gasteiger partial charge in [0.2, 0.25) is 0 Å². The molecule has 1 aromatic carbocycles. The highest BCUT2D eigenvalue weighted by molar-refractivity contribution is 5.77. The Balaban J connectivity index is 1.82. The van der Waals surface area contributed by atoms with Crippen LogP contribution in [0.15, 0.2) is 30.3 Å². The van der Waals surface area contributed by atoms with Crippen molar-refractivity contribution in [2.24, 2.45) is 5.41 Å². The Hall–Kier alpha value is -1.39. The zero-order valence-corrected chi connectivity index (χ0v) is 14.1. The molecule has 0 saturated heterocycles. The Labute approximate surface area is 139 Å². The number of hydrogen-bond donors (Lipinski definition) is 2. The summed E-state index contributed by atoms with van der Waals surface area (Å²) in [5.41, 5.74) is 0.563. The molecule has 2 rings (SSSR count). The third-order valence-corrected chi connectivity index (χ3v) is 4.82. The summed E-state index contributed by atoms with van der Waals surface area (Å²) in [5, 5.41) is 13.8. The van der Waals surface area contributed by atoms with Crippen LogP contribution < -0.4 is 5.32 Å². The Kier molecular flexibility index (Phi) is 7.06. The quantitative estimate of drug-likeness (QED) is 0.571. The van der Waals surface area contributed by atoms with Crippen LogP contribution >= 0.6 is 0 Å². The number of esters is 1. The van der Waals surface area contributed by atoms with Crippen molar-refractivity contribution in [3.05, 3.63) is 35.9 Å². The van der Waals surface area contributed by atoms with E-state index in [-0.39, 0.29) is 5.97 Å². The summed E-state index contributed by atoms with van der Waals surface area (Å²) in [7, 11) is 0. The minimum atomic E-state index is -0.692. The molecule has 2 atom stereocenters. The van der Waals surface area contributed by atoms with Gasteiger partial charge < -0.3 is 15.2 Å². The Bertz CT molecular complexity index is 477. The lowest BCUT2D eigenvalue weighted by molar-refractivity contribution is -0.167. The number of aliphatic hydroxyl groups excluding tert-OH is 1. The molecular weight excluding hydrogens is 290 g/mol. The van der Waals surface area contributed by atoms with E-state index in [0.717, 1.165) is 38.8 Å². The minimum Gasteiger partial charge on any atom is -0.465 e. The van der Waals surface area contributed by atoms with Crippen molar-refractivity contribution in [2.75, 3.05) is 13.2 Å². The van der Waals surface area contributed by atoms with Crippen molar-refractivity contribution in [1.82, 2.24) is 5.32 Å². The summed E-state index contributed by atoms with van der Waals surface area (Å²) >= 11 is 0. The molecule has 0 radical (unpaired) electrons. The fraction of sp³-hybridized carbons (Fsp3) is 0.632. The van der Waals surface area contributed by atoms with Gasteiger partial charge in [-0.15, -0.1) is 0 Å². The SMILES string of the molecule is CCOC(=O)[C@@]1(CCCNCc2ccccc2)CCCC[C@H]1O. The van der Waals surface area contributed by atoms with Gasteiger partial charge in [0.05, 0.1) is 18.1 Å². The zero-order valence-electron chi connectivity index (χ0n) is 14.1. The molecule has 2 N–H and O–H groups in total. The van der Waals surface area contributed by atoms with Crippen LogP contribution in [0.1, 0.15) is 51.0 Å². The second-order valence-electron chi connectivity index (χ2n) is 6.40. The van der Waals surface area contributed by atoms with Crippen LogP contribution in [-0.2, 0) is 16.1 Å². The Morgan fingerprint density at radius 3 is 2.83 bits per heavy atom. The van der Waals surface area contributed by atoms with Gasteiger partial charge in [0.1, 0.15) is 0 Å². The molecule has 1 fully saturated rings. The molecule has 0 heterocycles. The average Bonchev–Trinajstić information content (AvgIpc) is 2.57. The monoisotopic (exact) mass is 319 g/mol. The lowest BCUT2D eigenvalue weighted by Gasteiger charge is -2.39. The van der Waals surface area contributed by atoms with E-state index < -0.39 is 11.5 Å². The van der Waals surface area contributed by atoms with E-state index in [2.05, 4.69) is 17.4 Å². The summed E-state index contributed by atoms with van der Waals surface area (Å²) < 4.78 is 5.26. The summed E-state index contributed by atoms with van der Waals surface area (Å²) in [6.45, 7) is 3.86. The molecule has 0 amide bonds. The Morgan fingerprint density at radius 2 is 2.13 bits per heavy atom. The average molecular weight is 319 g/mol. The number of hydrogen-bond acceptors (Lipinski definition) is 4. The predicted octanol–water partition coefficient (Wildman–Crippen LogP) is 3.04. The van der Waals surface area contributed by atoms with Gasteiger partial charge in [0.15, 0.2) is 0 Å². The summed E-state index contributed by atoms with van der Waals surface area (Å²) in [6, 6.07) is 10.3. The van der Waals surface area contributed by atoms with Crippen LogP contribution in [0.2, 0.25) is 0 Å². The van der Waals surface area contributed by atoms with Crippen LogP contribution in [0.25, 0.3) is 0 Å². The lowest BCUT2D eigenvalue weighted by Crippen LogP contribution is -2.46. The lowest BCUT2D eigenvalue weighted by atomic mass is 9.69. The topological polar surface area (TPSA) is 58.6 Å². The maximum absolute atomic E-state index is 12.4. The minimum absolute atomic E-state index is 0.213. The van der Waals surface area contributed by atoms with Crippen molar-refractivity contribution in [3.63, 3.8) is 0 Å². The largest absolute Gasteiger partial charge is 0.465 e. The number of aliphatic hydroxyl groups is 1.